The lowest BCUT2D eigenvalue weighted by molar-refractivity contribution is 0.640. The van der Waals surface area contributed by atoms with Gasteiger partial charge < -0.3 is 0 Å². The molecule has 0 aliphatic rings. The van der Waals surface area contributed by atoms with E-state index in [1.165, 1.54) is 102 Å². The Morgan fingerprint density at radius 1 is 0.577 bits per heavy atom. The molecule has 152 valence electrons. The summed E-state index contributed by atoms with van der Waals surface area (Å²) in [4.78, 5) is 0. The van der Waals surface area contributed by atoms with Gasteiger partial charge in [0.15, 0.2) is 0 Å². The lowest BCUT2D eigenvalue weighted by Gasteiger charge is -2.18. The summed E-state index contributed by atoms with van der Waals surface area (Å²) < 4.78 is 0. The van der Waals surface area contributed by atoms with E-state index in [1.54, 1.807) is 16.7 Å². The van der Waals surface area contributed by atoms with E-state index in [4.69, 9.17) is 0 Å². The first-order valence-corrected chi connectivity index (χ1v) is 11.7. The Hall–Kier alpha value is 0.380. The zero-order valence-electron chi connectivity index (χ0n) is 17.7. The molecule has 0 aromatic heterocycles. The second-order valence-electron chi connectivity index (χ2n) is 7.70. The molecule has 1 atom stereocenters. The zero-order valence-corrected chi connectivity index (χ0v) is 21.2. The molecule has 0 heterocycles. The molecule has 0 spiro atoms. The third-order valence-corrected chi connectivity index (χ3v) is 5.97. The predicted molar refractivity (Wildman–Crippen MR) is 135 cm³/mol. The van der Waals surface area contributed by atoms with Gasteiger partial charge in [-0.1, -0.05) is 90.7 Å². The van der Waals surface area contributed by atoms with Crippen LogP contribution in [0.1, 0.15) is 115 Å². The van der Waals surface area contributed by atoms with E-state index in [2.05, 4.69) is 42.1 Å². The molecule has 1 aromatic carbocycles. The van der Waals surface area contributed by atoms with Crippen LogP contribution in [0.4, 0.5) is 0 Å². The number of unbranched alkanes of at least 4 members (excludes halogenated alkanes) is 9. The smallest absolute Gasteiger partial charge is 0.0268 e. The normalized spacial score (nSPS) is 10.8. The van der Waals surface area contributed by atoms with Gasteiger partial charge in [-0.3, -0.25) is 0 Å². The minimum absolute atomic E-state index is 0. The van der Waals surface area contributed by atoms with Gasteiger partial charge in [0.1, 0.15) is 0 Å². The summed E-state index contributed by atoms with van der Waals surface area (Å²) in [6.45, 7) is 6.91. The van der Waals surface area contributed by atoms with Gasteiger partial charge in [-0.15, -0.1) is 33.2 Å². The summed E-state index contributed by atoms with van der Waals surface area (Å²) >= 11 is 0. The van der Waals surface area contributed by atoms with Gasteiger partial charge >= 0.3 is 0 Å². The minimum atomic E-state index is 0. The lowest BCUT2D eigenvalue weighted by atomic mass is 9.90. The van der Waals surface area contributed by atoms with Crippen molar-refractivity contribution in [3.05, 3.63) is 28.8 Å². The maximum absolute atomic E-state index is 3.02. The molecule has 2 heteroatoms. The first kappa shape index (κ1) is 26.4. The third-order valence-electron chi connectivity index (χ3n) is 5.42. The summed E-state index contributed by atoms with van der Waals surface area (Å²) in [5.41, 5.74) is 5.05. The molecule has 1 aromatic rings. The van der Waals surface area contributed by atoms with Crippen LogP contribution >= 0.6 is 33.2 Å². The molecule has 0 aliphatic heterocycles. The van der Waals surface area contributed by atoms with Crippen molar-refractivity contribution in [2.24, 2.45) is 0 Å². The summed E-state index contributed by atoms with van der Waals surface area (Å²) in [6.07, 6.45) is 20.3. The van der Waals surface area contributed by atoms with Crippen LogP contribution in [0.2, 0.25) is 0 Å². The van der Waals surface area contributed by atoms with Gasteiger partial charge in [0.2, 0.25) is 0 Å². The average Bonchev–Trinajstić information content (AvgIpc) is 2.62. The van der Waals surface area contributed by atoms with Crippen LogP contribution in [0.3, 0.4) is 0 Å². The fourth-order valence-electron chi connectivity index (χ4n) is 3.80. The maximum atomic E-state index is 3.02. The van der Waals surface area contributed by atoms with Crippen molar-refractivity contribution in [3.8, 4) is 0 Å². The Labute approximate surface area is 183 Å². The first-order chi connectivity index (χ1) is 12.2. The third kappa shape index (κ3) is 10.6. The van der Waals surface area contributed by atoms with E-state index in [1.807, 2.05) is 0 Å². The number of hydrogen-bond donors (Lipinski definition) is 0. The minimum Gasteiger partial charge on any atom is -0.107 e. The van der Waals surface area contributed by atoms with Crippen LogP contribution in [0.15, 0.2) is 12.1 Å². The van der Waals surface area contributed by atoms with Crippen molar-refractivity contribution in [2.75, 3.05) is 0 Å². The molecule has 0 amide bonds. The fourth-order valence-corrected chi connectivity index (χ4v) is 4.21. The highest BCUT2D eigenvalue weighted by atomic mass is 127. The molecule has 26 heavy (non-hydrogen) atoms. The molecule has 0 saturated carbocycles. The second kappa shape index (κ2) is 17.5. The standard InChI is InChI=1S/C24H43P.HI/c1-4-7-10-13-16-21-19-20-24(25)23(18-15-12-9-6-3)22(21)17-14-11-8-5-2;/h19-20H,4-18,25H2,1-3H3;1H. The fraction of sp³-hybridized carbons (Fsp3) is 0.750. The zero-order chi connectivity index (χ0) is 18.3. The molecular formula is C24H44IP. The van der Waals surface area contributed by atoms with E-state index >= 15 is 0 Å². The largest absolute Gasteiger partial charge is 0.107 e. The van der Waals surface area contributed by atoms with Gasteiger partial charge in [0.05, 0.1) is 0 Å². The van der Waals surface area contributed by atoms with Crippen LogP contribution in [-0.2, 0) is 19.3 Å². The van der Waals surface area contributed by atoms with Gasteiger partial charge in [0.25, 0.3) is 0 Å². The molecule has 1 rings (SSSR count). The predicted octanol–water partition coefficient (Wildman–Crippen LogP) is 8.17. The SMILES string of the molecule is CCCCCCc1ccc(P)c(CCCCCC)c1CCCCCC.I. The van der Waals surface area contributed by atoms with Crippen LogP contribution in [0, 0.1) is 0 Å². The van der Waals surface area contributed by atoms with Gasteiger partial charge in [-0.05, 0) is 60.5 Å². The number of rotatable bonds is 15. The molecule has 0 fully saturated rings. The molecule has 1 unspecified atom stereocenters. The number of halogens is 1. The molecule has 0 saturated heterocycles. The van der Waals surface area contributed by atoms with Crippen molar-refractivity contribution >= 4 is 38.5 Å². The molecule has 0 nitrogen and oxygen atoms in total. The van der Waals surface area contributed by atoms with Crippen LogP contribution in [0.25, 0.3) is 0 Å². The van der Waals surface area contributed by atoms with E-state index < -0.39 is 0 Å². The molecule has 0 bridgehead atoms. The molecule has 0 N–H and O–H groups in total. The Morgan fingerprint density at radius 2 is 1.04 bits per heavy atom. The van der Waals surface area contributed by atoms with E-state index in [0.717, 1.165) is 0 Å². The molecule has 0 radical (unpaired) electrons. The molecule has 0 aliphatic carbocycles. The Balaban J connectivity index is 0.00000625. The van der Waals surface area contributed by atoms with Crippen molar-refractivity contribution in [3.63, 3.8) is 0 Å². The number of hydrogen-bond acceptors (Lipinski definition) is 0. The van der Waals surface area contributed by atoms with E-state index in [9.17, 15) is 0 Å². The van der Waals surface area contributed by atoms with Gasteiger partial charge in [-0.25, -0.2) is 0 Å². The highest BCUT2D eigenvalue weighted by molar-refractivity contribution is 14.0. The van der Waals surface area contributed by atoms with Crippen molar-refractivity contribution in [2.45, 2.75) is 117 Å². The number of benzene rings is 1. The van der Waals surface area contributed by atoms with Crippen molar-refractivity contribution in [1.29, 1.82) is 0 Å². The van der Waals surface area contributed by atoms with Crippen LogP contribution in [0.5, 0.6) is 0 Å². The molecular weight excluding hydrogens is 446 g/mol. The second-order valence-corrected chi connectivity index (χ2v) is 8.33. The highest BCUT2D eigenvalue weighted by Crippen LogP contribution is 2.23. The van der Waals surface area contributed by atoms with Crippen LogP contribution in [-0.4, -0.2) is 0 Å². The van der Waals surface area contributed by atoms with Gasteiger partial charge in [0, 0.05) is 0 Å². The Kier molecular flexibility index (Phi) is 17.7. The topological polar surface area (TPSA) is 0 Å². The first-order valence-electron chi connectivity index (χ1n) is 11.1. The summed E-state index contributed by atoms with van der Waals surface area (Å²) in [7, 11) is 3.02. The van der Waals surface area contributed by atoms with Gasteiger partial charge in [-0.2, -0.15) is 0 Å². The van der Waals surface area contributed by atoms with E-state index in [0.29, 0.717) is 0 Å². The van der Waals surface area contributed by atoms with E-state index in [-0.39, 0.29) is 24.0 Å². The average molecular weight is 490 g/mol. The Bertz CT molecular complexity index is 456. The summed E-state index contributed by atoms with van der Waals surface area (Å²) in [5.74, 6) is 0. The quantitative estimate of drug-likeness (QED) is 0.132. The number of aryl methyl sites for hydroxylation is 1. The lowest BCUT2D eigenvalue weighted by Crippen LogP contribution is -2.11. The van der Waals surface area contributed by atoms with Crippen LogP contribution < -0.4 is 5.30 Å². The highest BCUT2D eigenvalue weighted by Gasteiger charge is 2.11. The summed E-state index contributed by atoms with van der Waals surface area (Å²) in [5, 5.41) is 1.46. The van der Waals surface area contributed by atoms with Crippen molar-refractivity contribution < 1.29 is 0 Å². The maximum Gasteiger partial charge on any atom is -0.0268 e. The Morgan fingerprint density at radius 3 is 1.54 bits per heavy atom. The van der Waals surface area contributed by atoms with Crippen molar-refractivity contribution in [1.82, 2.24) is 0 Å². The monoisotopic (exact) mass is 490 g/mol. The summed E-state index contributed by atoms with van der Waals surface area (Å²) in [6, 6.07) is 4.80.